The number of hydrogen-bond donors (Lipinski definition) is 2. The zero-order valence-electron chi connectivity index (χ0n) is 13.1. The fourth-order valence-corrected chi connectivity index (χ4v) is 2.39. The normalized spacial score (nSPS) is 16.0. The first kappa shape index (κ1) is 18.0. The Hall–Kier alpha value is -1.10. The summed E-state index contributed by atoms with van der Waals surface area (Å²) >= 11 is 0. The van der Waals surface area contributed by atoms with E-state index in [1.807, 2.05) is 0 Å². The van der Waals surface area contributed by atoms with Gasteiger partial charge < -0.3 is 15.5 Å². The van der Waals surface area contributed by atoms with Crippen LogP contribution in [0.4, 0.5) is 0 Å². The molecule has 1 aliphatic rings. The van der Waals surface area contributed by atoms with Crippen molar-refractivity contribution in [3.05, 3.63) is 35.4 Å². The fraction of sp³-hybridized carbons (Fsp3) is 0.562. The first-order chi connectivity index (χ1) is 9.61. The lowest BCUT2D eigenvalue weighted by molar-refractivity contribution is -0.126. The first-order valence-corrected chi connectivity index (χ1v) is 7.35. The maximum atomic E-state index is 11.9. The maximum Gasteiger partial charge on any atom is 0.225 e. The van der Waals surface area contributed by atoms with Gasteiger partial charge in [0.2, 0.25) is 5.91 Å². The molecule has 1 heterocycles. The Kier molecular flexibility index (Phi) is 7.15. The zero-order chi connectivity index (χ0) is 14.5. The maximum absolute atomic E-state index is 11.9. The monoisotopic (exact) mass is 311 g/mol. The summed E-state index contributed by atoms with van der Waals surface area (Å²) in [4.78, 5) is 14.1. The second-order valence-corrected chi connectivity index (χ2v) is 5.67. The number of benzene rings is 1. The van der Waals surface area contributed by atoms with Crippen LogP contribution in [0.1, 0.15) is 24.1 Å². The Balaban J connectivity index is 0.00000220. The van der Waals surface area contributed by atoms with Gasteiger partial charge >= 0.3 is 0 Å². The second-order valence-electron chi connectivity index (χ2n) is 5.67. The van der Waals surface area contributed by atoms with Gasteiger partial charge in [-0.15, -0.1) is 12.4 Å². The summed E-state index contributed by atoms with van der Waals surface area (Å²) in [6.07, 6.45) is 1.05. The van der Waals surface area contributed by atoms with E-state index in [0.717, 1.165) is 19.5 Å². The molecule has 1 aromatic rings. The van der Waals surface area contributed by atoms with Crippen molar-refractivity contribution in [1.29, 1.82) is 0 Å². The van der Waals surface area contributed by atoms with Gasteiger partial charge in [-0.3, -0.25) is 4.79 Å². The van der Waals surface area contributed by atoms with E-state index in [4.69, 9.17) is 0 Å². The number of carbonyl (C=O) groups excluding carboxylic acids is 1. The van der Waals surface area contributed by atoms with Crippen LogP contribution in [-0.2, 0) is 11.2 Å². The summed E-state index contributed by atoms with van der Waals surface area (Å²) in [5.41, 5.74) is 2.59. The van der Waals surface area contributed by atoms with Crippen molar-refractivity contribution >= 4 is 18.3 Å². The van der Waals surface area contributed by atoms with Crippen LogP contribution in [-0.4, -0.2) is 44.5 Å². The van der Waals surface area contributed by atoms with Crippen LogP contribution in [0.2, 0.25) is 0 Å². The number of nitrogens with one attached hydrogen (secondary N) is 2. The predicted octanol–water partition coefficient (Wildman–Crippen LogP) is 1.61. The summed E-state index contributed by atoms with van der Waals surface area (Å²) < 4.78 is 0. The SMILES string of the molecule is CCc1ccc(C(CNC(=O)C2CNC2)N(C)C)cc1.Cl. The molecule has 0 spiro atoms. The van der Waals surface area contributed by atoms with E-state index < -0.39 is 0 Å². The molecule has 1 aliphatic heterocycles. The van der Waals surface area contributed by atoms with Crippen LogP contribution < -0.4 is 10.6 Å². The Morgan fingerprint density at radius 1 is 1.33 bits per heavy atom. The Labute approximate surface area is 133 Å². The van der Waals surface area contributed by atoms with Crippen molar-refractivity contribution in [3.63, 3.8) is 0 Å². The summed E-state index contributed by atoms with van der Waals surface area (Å²) in [7, 11) is 4.10. The average Bonchev–Trinajstić information content (AvgIpc) is 2.37. The summed E-state index contributed by atoms with van der Waals surface area (Å²) in [6, 6.07) is 8.89. The minimum absolute atomic E-state index is 0. The van der Waals surface area contributed by atoms with Gasteiger partial charge in [-0.2, -0.15) is 0 Å². The molecule has 0 radical (unpaired) electrons. The highest BCUT2D eigenvalue weighted by atomic mass is 35.5. The molecule has 2 rings (SSSR count). The van der Waals surface area contributed by atoms with Crippen LogP contribution in [0.3, 0.4) is 0 Å². The molecule has 4 nitrogen and oxygen atoms in total. The molecule has 0 aliphatic carbocycles. The largest absolute Gasteiger partial charge is 0.354 e. The summed E-state index contributed by atoms with van der Waals surface area (Å²) in [6.45, 7) is 4.44. The number of amides is 1. The molecule has 1 saturated heterocycles. The van der Waals surface area contributed by atoms with Crippen molar-refractivity contribution in [2.45, 2.75) is 19.4 Å². The summed E-state index contributed by atoms with van der Waals surface area (Å²) in [5, 5.41) is 6.20. The van der Waals surface area contributed by atoms with Gasteiger partial charge in [-0.1, -0.05) is 31.2 Å². The molecule has 118 valence electrons. The van der Waals surface area contributed by atoms with Crippen LogP contribution in [0, 0.1) is 5.92 Å². The third-order valence-electron chi connectivity index (χ3n) is 4.02. The number of rotatable bonds is 6. The van der Waals surface area contributed by atoms with Gasteiger partial charge in [-0.25, -0.2) is 0 Å². The van der Waals surface area contributed by atoms with Crippen molar-refractivity contribution in [2.75, 3.05) is 33.7 Å². The Morgan fingerprint density at radius 3 is 2.38 bits per heavy atom. The molecule has 1 unspecified atom stereocenters. The average molecular weight is 312 g/mol. The fourth-order valence-electron chi connectivity index (χ4n) is 2.39. The molecule has 1 atom stereocenters. The van der Waals surface area contributed by atoms with Gasteiger partial charge in [0.05, 0.1) is 12.0 Å². The van der Waals surface area contributed by atoms with E-state index in [2.05, 4.69) is 60.8 Å². The molecule has 1 amide bonds. The van der Waals surface area contributed by atoms with Crippen LogP contribution in [0.15, 0.2) is 24.3 Å². The first-order valence-electron chi connectivity index (χ1n) is 7.35. The quantitative estimate of drug-likeness (QED) is 0.839. The molecule has 0 saturated carbocycles. The molecule has 21 heavy (non-hydrogen) atoms. The van der Waals surface area contributed by atoms with Gasteiger partial charge in [0.15, 0.2) is 0 Å². The summed E-state index contributed by atoms with van der Waals surface area (Å²) in [5.74, 6) is 0.320. The molecule has 0 bridgehead atoms. The Morgan fingerprint density at radius 2 is 1.95 bits per heavy atom. The standard InChI is InChI=1S/C16H25N3O.ClH/c1-4-12-5-7-13(8-6-12)15(19(2)3)11-18-16(20)14-9-17-10-14;/h5-8,14-15,17H,4,9-11H2,1-3H3,(H,18,20);1H. The van der Waals surface area contributed by atoms with Crippen molar-refractivity contribution in [3.8, 4) is 0 Å². The minimum atomic E-state index is 0. The highest BCUT2D eigenvalue weighted by molar-refractivity contribution is 5.85. The number of carbonyl (C=O) groups is 1. The predicted molar refractivity (Wildman–Crippen MR) is 88.9 cm³/mol. The highest BCUT2D eigenvalue weighted by Gasteiger charge is 2.25. The molecule has 1 fully saturated rings. The lowest BCUT2D eigenvalue weighted by atomic mass is 10.0. The number of halogens is 1. The molecule has 5 heteroatoms. The molecule has 2 N–H and O–H groups in total. The third-order valence-corrected chi connectivity index (χ3v) is 4.02. The zero-order valence-corrected chi connectivity index (χ0v) is 13.9. The smallest absolute Gasteiger partial charge is 0.225 e. The van der Waals surface area contributed by atoms with Crippen molar-refractivity contribution in [1.82, 2.24) is 15.5 Å². The van der Waals surface area contributed by atoms with E-state index >= 15 is 0 Å². The molecule has 0 aromatic heterocycles. The minimum Gasteiger partial charge on any atom is -0.354 e. The van der Waals surface area contributed by atoms with E-state index in [-0.39, 0.29) is 30.3 Å². The van der Waals surface area contributed by atoms with E-state index in [1.165, 1.54) is 11.1 Å². The van der Waals surface area contributed by atoms with Gasteiger partial charge in [0, 0.05) is 19.6 Å². The van der Waals surface area contributed by atoms with Gasteiger partial charge in [0.1, 0.15) is 0 Å². The van der Waals surface area contributed by atoms with E-state index in [1.54, 1.807) is 0 Å². The van der Waals surface area contributed by atoms with E-state index in [9.17, 15) is 4.79 Å². The topological polar surface area (TPSA) is 44.4 Å². The van der Waals surface area contributed by atoms with E-state index in [0.29, 0.717) is 6.54 Å². The van der Waals surface area contributed by atoms with Crippen LogP contribution in [0.5, 0.6) is 0 Å². The van der Waals surface area contributed by atoms with Gasteiger partial charge in [0.25, 0.3) is 0 Å². The molecular formula is C16H26ClN3O. The second kappa shape index (κ2) is 8.37. The number of hydrogen-bond acceptors (Lipinski definition) is 3. The number of aryl methyl sites for hydroxylation is 1. The highest BCUT2D eigenvalue weighted by Crippen LogP contribution is 2.18. The van der Waals surface area contributed by atoms with Gasteiger partial charge in [-0.05, 0) is 31.6 Å². The van der Waals surface area contributed by atoms with Crippen LogP contribution >= 0.6 is 12.4 Å². The third kappa shape index (κ3) is 4.70. The lowest BCUT2D eigenvalue weighted by Gasteiger charge is -2.29. The molecule has 1 aromatic carbocycles. The number of likely N-dealkylation sites (N-methyl/N-ethyl adjacent to an activating group) is 1. The van der Waals surface area contributed by atoms with Crippen molar-refractivity contribution < 1.29 is 4.79 Å². The van der Waals surface area contributed by atoms with Crippen LogP contribution in [0.25, 0.3) is 0 Å². The Bertz CT molecular complexity index is 443. The van der Waals surface area contributed by atoms with Crippen molar-refractivity contribution in [2.24, 2.45) is 5.92 Å². The number of nitrogens with zero attached hydrogens (tertiary/aromatic N) is 1. The molecular weight excluding hydrogens is 286 g/mol. The lowest BCUT2D eigenvalue weighted by Crippen LogP contribution is -2.51.